The molecule has 0 aromatic rings. The summed E-state index contributed by atoms with van der Waals surface area (Å²) in [5, 5.41) is 0.574. The van der Waals surface area contributed by atoms with Crippen LogP contribution in [0.4, 0.5) is 0 Å². The monoisotopic (exact) mass is 304 g/mol. The molecule has 5 heteroatoms. The number of rotatable bonds is 10. The molecule has 1 heterocycles. The van der Waals surface area contributed by atoms with Gasteiger partial charge in [0, 0.05) is 43.6 Å². The number of thioether (sulfide) groups is 1. The van der Waals surface area contributed by atoms with Crippen LogP contribution in [-0.4, -0.2) is 67.5 Å². The second kappa shape index (κ2) is 10.0. The van der Waals surface area contributed by atoms with Gasteiger partial charge in [0.05, 0.1) is 13.2 Å². The molecular weight excluding hydrogens is 272 g/mol. The van der Waals surface area contributed by atoms with Gasteiger partial charge in [-0.1, -0.05) is 6.92 Å². The van der Waals surface area contributed by atoms with E-state index >= 15 is 0 Å². The van der Waals surface area contributed by atoms with Gasteiger partial charge in [-0.15, -0.1) is 0 Å². The third-order valence-electron chi connectivity index (χ3n) is 4.28. The molecule has 0 spiro atoms. The van der Waals surface area contributed by atoms with Gasteiger partial charge in [0.2, 0.25) is 0 Å². The summed E-state index contributed by atoms with van der Waals surface area (Å²) in [6.07, 6.45) is 2.45. The Morgan fingerprint density at radius 2 is 1.80 bits per heavy atom. The number of nitrogens with zero attached hydrogens (tertiary/aromatic N) is 1. The first kappa shape index (κ1) is 18.2. The van der Waals surface area contributed by atoms with E-state index < -0.39 is 0 Å². The van der Waals surface area contributed by atoms with Crippen LogP contribution in [0, 0.1) is 0 Å². The Labute approximate surface area is 128 Å². The van der Waals surface area contributed by atoms with Crippen molar-refractivity contribution >= 4 is 11.8 Å². The summed E-state index contributed by atoms with van der Waals surface area (Å²) in [6.45, 7) is 12.1. The predicted molar refractivity (Wildman–Crippen MR) is 87.5 cm³/mol. The molecule has 0 bridgehead atoms. The lowest BCUT2D eigenvalue weighted by atomic mass is 9.87. The van der Waals surface area contributed by atoms with E-state index in [4.69, 9.17) is 15.2 Å². The second-order valence-corrected chi connectivity index (χ2v) is 6.75. The first-order valence-electron chi connectivity index (χ1n) is 7.93. The van der Waals surface area contributed by atoms with Crippen molar-refractivity contribution in [3.63, 3.8) is 0 Å². The van der Waals surface area contributed by atoms with Gasteiger partial charge in [0.15, 0.2) is 0 Å². The van der Waals surface area contributed by atoms with Crippen molar-refractivity contribution < 1.29 is 9.47 Å². The average molecular weight is 304 g/mol. The summed E-state index contributed by atoms with van der Waals surface area (Å²) in [5.74, 6) is 1.26. The molecule has 0 aromatic carbocycles. The lowest BCUT2D eigenvalue weighted by Crippen LogP contribution is -2.62. The zero-order chi connectivity index (χ0) is 14.8. The van der Waals surface area contributed by atoms with E-state index in [0.29, 0.717) is 5.25 Å². The van der Waals surface area contributed by atoms with Gasteiger partial charge in [0.1, 0.15) is 0 Å². The van der Waals surface area contributed by atoms with Crippen LogP contribution >= 0.6 is 11.8 Å². The molecule has 1 saturated heterocycles. The van der Waals surface area contributed by atoms with Gasteiger partial charge in [-0.3, -0.25) is 4.90 Å². The Balaban J connectivity index is 2.69. The number of hydrogen-bond acceptors (Lipinski definition) is 5. The molecule has 0 aromatic heterocycles. The predicted octanol–water partition coefficient (Wildman–Crippen LogP) is 1.97. The molecule has 0 radical (unpaired) electrons. The molecule has 1 aliphatic heterocycles. The van der Waals surface area contributed by atoms with Crippen molar-refractivity contribution in [2.45, 2.75) is 44.4 Å². The van der Waals surface area contributed by atoms with E-state index in [1.165, 1.54) is 18.6 Å². The summed E-state index contributed by atoms with van der Waals surface area (Å²) in [5.41, 5.74) is 6.31. The Morgan fingerprint density at radius 1 is 1.20 bits per heavy atom. The fraction of sp³-hybridized carbons (Fsp3) is 1.00. The van der Waals surface area contributed by atoms with Crippen molar-refractivity contribution in [3.05, 3.63) is 0 Å². The van der Waals surface area contributed by atoms with Crippen LogP contribution in [0.1, 0.15) is 33.6 Å². The van der Waals surface area contributed by atoms with Gasteiger partial charge in [-0.2, -0.15) is 11.8 Å². The van der Waals surface area contributed by atoms with Gasteiger partial charge < -0.3 is 15.2 Å². The van der Waals surface area contributed by atoms with Gasteiger partial charge in [-0.25, -0.2) is 0 Å². The highest BCUT2D eigenvalue weighted by Crippen LogP contribution is 2.37. The molecule has 120 valence electrons. The van der Waals surface area contributed by atoms with Crippen molar-refractivity contribution in [1.29, 1.82) is 0 Å². The van der Waals surface area contributed by atoms with Gasteiger partial charge in [0.25, 0.3) is 0 Å². The molecule has 0 aliphatic carbocycles. The molecule has 0 saturated carbocycles. The lowest BCUT2D eigenvalue weighted by Gasteiger charge is -2.49. The van der Waals surface area contributed by atoms with Crippen molar-refractivity contribution in [2.24, 2.45) is 5.73 Å². The number of nitrogens with two attached hydrogens (primary N) is 1. The fourth-order valence-electron chi connectivity index (χ4n) is 3.00. The Kier molecular flexibility index (Phi) is 9.13. The highest BCUT2D eigenvalue weighted by Gasteiger charge is 2.42. The van der Waals surface area contributed by atoms with E-state index in [-0.39, 0.29) is 5.54 Å². The summed E-state index contributed by atoms with van der Waals surface area (Å²) in [7, 11) is 0. The minimum Gasteiger partial charge on any atom is -0.380 e. The third-order valence-corrected chi connectivity index (χ3v) is 5.74. The SMILES string of the molecule is CCOCCN(CCOCC)C1(CN)CCCSC1C. The molecule has 1 rings (SSSR count). The average Bonchev–Trinajstić information content (AvgIpc) is 2.47. The summed E-state index contributed by atoms with van der Waals surface area (Å²) >= 11 is 2.05. The molecule has 20 heavy (non-hydrogen) atoms. The molecule has 4 nitrogen and oxygen atoms in total. The van der Waals surface area contributed by atoms with Crippen LogP contribution in [0.3, 0.4) is 0 Å². The summed E-state index contributed by atoms with van der Waals surface area (Å²) in [4.78, 5) is 2.52. The Hall–Kier alpha value is 0.190. The Morgan fingerprint density at radius 3 is 2.25 bits per heavy atom. The maximum Gasteiger partial charge on any atom is 0.0593 e. The lowest BCUT2D eigenvalue weighted by molar-refractivity contribution is 0.0171. The molecule has 0 amide bonds. The van der Waals surface area contributed by atoms with E-state index in [9.17, 15) is 0 Å². The van der Waals surface area contributed by atoms with E-state index in [1.54, 1.807) is 0 Å². The quantitative estimate of drug-likeness (QED) is 0.625. The van der Waals surface area contributed by atoms with Crippen LogP contribution in [0.2, 0.25) is 0 Å². The Bertz CT molecular complexity index is 246. The molecule has 2 N–H and O–H groups in total. The van der Waals surface area contributed by atoms with Crippen molar-refractivity contribution in [3.8, 4) is 0 Å². The first-order chi connectivity index (χ1) is 9.71. The smallest absolute Gasteiger partial charge is 0.0593 e. The summed E-state index contributed by atoms with van der Waals surface area (Å²) < 4.78 is 11.1. The molecule has 2 unspecified atom stereocenters. The summed E-state index contributed by atoms with van der Waals surface area (Å²) in [6, 6.07) is 0. The van der Waals surface area contributed by atoms with Crippen LogP contribution < -0.4 is 5.73 Å². The van der Waals surface area contributed by atoms with Crippen LogP contribution in [-0.2, 0) is 9.47 Å². The normalized spacial score (nSPS) is 27.1. The third kappa shape index (κ3) is 4.88. The second-order valence-electron chi connectivity index (χ2n) is 5.31. The number of ether oxygens (including phenoxy) is 2. The maximum atomic E-state index is 6.20. The fourth-order valence-corrected chi connectivity index (χ4v) is 4.34. The first-order valence-corrected chi connectivity index (χ1v) is 8.98. The zero-order valence-corrected chi connectivity index (χ0v) is 14.2. The molecular formula is C15H32N2O2S. The van der Waals surface area contributed by atoms with Crippen LogP contribution in [0.25, 0.3) is 0 Å². The van der Waals surface area contributed by atoms with Crippen molar-refractivity contribution in [2.75, 3.05) is 51.8 Å². The highest BCUT2D eigenvalue weighted by molar-refractivity contribution is 8.00. The van der Waals surface area contributed by atoms with E-state index in [2.05, 4.69) is 23.6 Å². The molecule has 1 aliphatic rings. The van der Waals surface area contributed by atoms with Crippen LogP contribution in [0.5, 0.6) is 0 Å². The zero-order valence-electron chi connectivity index (χ0n) is 13.4. The molecule has 2 atom stereocenters. The largest absolute Gasteiger partial charge is 0.380 e. The highest BCUT2D eigenvalue weighted by atomic mass is 32.2. The topological polar surface area (TPSA) is 47.7 Å². The number of hydrogen-bond donors (Lipinski definition) is 1. The standard InChI is InChI=1S/C15H32N2O2S/c1-4-18-10-8-17(9-11-19-5-2)15(13-16)7-6-12-20-14(15)3/h14H,4-13,16H2,1-3H3. The van der Waals surface area contributed by atoms with E-state index in [1.807, 2.05) is 13.8 Å². The van der Waals surface area contributed by atoms with Crippen molar-refractivity contribution in [1.82, 2.24) is 4.90 Å². The maximum absolute atomic E-state index is 6.20. The van der Waals surface area contributed by atoms with Gasteiger partial charge >= 0.3 is 0 Å². The van der Waals surface area contributed by atoms with Crippen LogP contribution in [0.15, 0.2) is 0 Å². The van der Waals surface area contributed by atoms with Gasteiger partial charge in [-0.05, 0) is 32.4 Å². The minimum absolute atomic E-state index is 0.108. The van der Waals surface area contributed by atoms with E-state index in [0.717, 1.165) is 46.1 Å². The minimum atomic E-state index is 0.108. The molecule has 1 fully saturated rings.